The Morgan fingerprint density at radius 3 is 2.54 bits per heavy atom. The fourth-order valence-corrected chi connectivity index (χ4v) is 3.81. The number of halogens is 1. The number of benzene rings is 3. The van der Waals surface area contributed by atoms with Gasteiger partial charge < -0.3 is 14.8 Å². The van der Waals surface area contributed by atoms with Crippen LogP contribution in [0.3, 0.4) is 0 Å². The number of hydrogen-bond donors (Lipinski definition) is 2. The van der Waals surface area contributed by atoms with E-state index >= 15 is 0 Å². The van der Waals surface area contributed by atoms with Crippen LogP contribution in [0.25, 0.3) is 6.08 Å². The van der Waals surface area contributed by atoms with E-state index in [1.807, 2.05) is 25.1 Å². The first kappa shape index (κ1) is 25.5. The molecule has 1 aliphatic rings. The molecule has 1 aliphatic heterocycles. The predicted octanol–water partition coefficient (Wildman–Crippen LogP) is 4.34. The van der Waals surface area contributed by atoms with Crippen LogP contribution in [0.4, 0.5) is 16.2 Å². The van der Waals surface area contributed by atoms with Crippen molar-refractivity contribution in [2.24, 2.45) is 0 Å². The molecule has 2 N–H and O–H groups in total. The number of amides is 5. The van der Waals surface area contributed by atoms with E-state index in [1.54, 1.807) is 36.4 Å². The lowest BCUT2D eigenvalue weighted by Gasteiger charge is -2.26. The van der Waals surface area contributed by atoms with Crippen molar-refractivity contribution in [2.75, 3.05) is 23.9 Å². The van der Waals surface area contributed by atoms with Crippen molar-refractivity contribution >= 4 is 52.8 Å². The average Bonchev–Trinajstić information content (AvgIpc) is 2.85. The summed E-state index contributed by atoms with van der Waals surface area (Å²) in [5.41, 5.74) is 2.07. The number of imide groups is 2. The third kappa shape index (κ3) is 5.96. The molecule has 4 rings (SSSR count). The molecule has 0 aliphatic carbocycles. The molecule has 1 saturated heterocycles. The van der Waals surface area contributed by atoms with Crippen LogP contribution < -0.4 is 25.0 Å². The minimum atomic E-state index is -0.875. The second-order valence-electron chi connectivity index (χ2n) is 8.05. The Bertz CT molecular complexity index is 1440. The van der Waals surface area contributed by atoms with Crippen molar-refractivity contribution in [2.45, 2.75) is 6.92 Å². The number of aryl methyl sites for hydroxylation is 1. The zero-order valence-electron chi connectivity index (χ0n) is 19.9. The zero-order chi connectivity index (χ0) is 26.5. The van der Waals surface area contributed by atoms with Gasteiger partial charge in [0.1, 0.15) is 5.57 Å². The van der Waals surface area contributed by atoms with Crippen molar-refractivity contribution in [3.63, 3.8) is 0 Å². The lowest BCUT2D eigenvalue weighted by atomic mass is 10.1. The molecular weight excluding hydrogens is 498 g/mol. The zero-order valence-corrected chi connectivity index (χ0v) is 20.7. The minimum absolute atomic E-state index is 0.221. The van der Waals surface area contributed by atoms with Gasteiger partial charge in [0.2, 0.25) is 0 Å². The number of barbiturate groups is 1. The van der Waals surface area contributed by atoms with Gasteiger partial charge in [0.05, 0.1) is 12.8 Å². The van der Waals surface area contributed by atoms with E-state index in [1.165, 1.54) is 25.3 Å². The molecular formula is C27H22ClN3O6. The molecule has 0 unspecified atom stereocenters. The lowest BCUT2D eigenvalue weighted by Crippen LogP contribution is -2.54. The smallest absolute Gasteiger partial charge is 0.335 e. The van der Waals surface area contributed by atoms with Gasteiger partial charge in [0.25, 0.3) is 17.7 Å². The lowest BCUT2D eigenvalue weighted by molar-refractivity contribution is -0.122. The molecule has 0 saturated carbocycles. The maximum absolute atomic E-state index is 13.1. The van der Waals surface area contributed by atoms with Crippen LogP contribution in [0, 0.1) is 6.92 Å². The number of ether oxygens (including phenoxy) is 2. The van der Waals surface area contributed by atoms with Gasteiger partial charge in [-0.15, -0.1) is 0 Å². The first-order valence-corrected chi connectivity index (χ1v) is 11.5. The summed E-state index contributed by atoms with van der Waals surface area (Å²) in [5.74, 6) is -1.42. The molecule has 3 aromatic carbocycles. The van der Waals surface area contributed by atoms with Crippen LogP contribution in [0.1, 0.15) is 11.1 Å². The predicted molar refractivity (Wildman–Crippen MR) is 139 cm³/mol. The summed E-state index contributed by atoms with van der Waals surface area (Å²) in [7, 11) is 1.42. The highest BCUT2D eigenvalue weighted by Gasteiger charge is 2.36. The number of rotatable bonds is 7. The summed E-state index contributed by atoms with van der Waals surface area (Å²) >= 11 is 5.99. The summed E-state index contributed by atoms with van der Waals surface area (Å²) in [6.45, 7) is 1.66. The maximum Gasteiger partial charge on any atom is 0.335 e. The van der Waals surface area contributed by atoms with E-state index in [2.05, 4.69) is 10.6 Å². The number of urea groups is 1. The number of methoxy groups -OCH3 is 1. The third-order valence-corrected chi connectivity index (χ3v) is 5.56. The number of nitrogens with one attached hydrogen (secondary N) is 2. The highest BCUT2D eigenvalue weighted by atomic mass is 35.5. The van der Waals surface area contributed by atoms with Gasteiger partial charge in [0, 0.05) is 10.7 Å². The SMILES string of the molecule is COc1cc(/C=C2/C(=O)NC(=O)N(c3cccc(Cl)c3)C2=O)ccc1OCC(=O)Nc1cccc(C)c1. The Labute approximate surface area is 217 Å². The van der Waals surface area contributed by atoms with Gasteiger partial charge in [-0.25, -0.2) is 9.69 Å². The third-order valence-electron chi connectivity index (χ3n) is 5.33. The van der Waals surface area contributed by atoms with Gasteiger partial charge in [-0.3, -0.25) is 19.7 Å². The molecule has 10 heteroatoms. The summed E-state index contributed by atoms with van der Waals surface area (Å²) < 4.78 is 11.0. The van der Waals surface area contributed by atoms with E-state index in [4.69, 9.17) is 21.1 Å². The van der Waals surface area contributed by atoms with E-state index in [9.17, 15) is 19.2 Å². The molecule has 1 fully saturated rings. The highest BCUT2D eigenvalue weighted by molar-refractivity contribution is 6.39. The topological polar surface area (TPSA) is 114 Å². The van der Waals surface area contributed by atoms with Crippen LogP contribution >= 0.6 is 11.6 Å². The standard InChI is InChI=1S/C27H22ClN3O6/c1-16-5-3-7-19(11-16)29-24(32)15-37-22-10-9-17(13-23(22)36-2)12-21-25(33)30-27(35)31(26(21)34)20-8-4-6-18(28)14-20/h3-14H,15H2,1-2H3,(H,29,32)(H,30,33,35)/b21-12-. The van der Waals surface area contributed by atoms with Gasteiger partial charge in [-0.2, -0.15) is 0 Å². The largest absolute Gasteiger partial charge is 0.493 e. The van der Waals surface area contributed by atoms with Gasteiger partial charge in [0.15, 0.2) is 18.1 Å². The molecule has 0 atom stereocenters. The fraction of sp³-hybridized carbons (Fsp3) is 0.111. The Hall–Kier alpha value is -4.63. The number of carbonyl (C=O) groups excluding carboxylic acids is 4. The molecule has 0 bridgehead atoms. The molecule has 3 aromatic rings. The first-order valence-electron chi connectivity index (χ1n) is 11.1. The summed E-state index contributed by atoms with van der Waals surface area (Å²) in [6, 6.07) is 17.3. The van der Waals surface area contributed by atoms with E-state index in [0.29, 0.717) is 22.0 Å². The van der Waals surface area contributed by atoms with Crippen LogP contribution in [-0.2, 0) is 14.4 Å². The van der Waals surface area contributed by atoms with E-state index in [-0.39, 0.29) is 29.5 Å². The summed E-state index contributed by atoms with van der Waals surface area (Å²) in [5, 5.41) is 5.24. The monoisotopic (exact) mass is 519 g/mol. The second kappa shape index (κ2) is 11.0. The van der Waals surface area contributed by atoms with Crippen LogP contribution in [0.5, 0.6) is 11.5 Å². The number of anilines is 2. The highest BCUT2D eigenvalue weighted by Crippen LogP contribution is 2.30. The number of nitrogens with zero attached hydrogens (tertiary/aromatic N) is 1. The van der Waals surface area contributed by atoms with Crippen LogP contribution in [-0.4, -0.2) is 37.5 Å². The molecule has 9 nitrogen and oxygen atoms in total. The Morgan fingerprint density at radius 2 is 1.81 bits per heavy atom. The van der Waals surface area contributed by atoms with E-state index < -0.39 is 17.8 Å². The number of carbonyl (C=O) groups is 4. The fourth-order valence-electron chi connectivity index (χ4n) is 3.63. The van der Waals surface area contributed by atoms with Crippen molar-refractivity contribution in [3.8, 4) is 11.5 Å². The van der Waals surface area contributed by atoms with Crippen LogP contribution in [0.2, 0.25) is 5.02 Å². The molecule has 37 heavy (non-hydrogen) atoms. The van der Waals surface area contributed by atoms with E-state index in [0.717, 1.165) is 10.5 Å². The summed E-state index contributed by atoms with van der Waals surface area (Å²) in [4.78, 5) is 51.0. The van der Waals surface area contributed by atoms with Crippen molar-refractivity contribution in [1.29, 1.82) is 0 Å². The van der Waals surface area contributed by atoms with Gasteiger partial charge in [-0.1, -0.05) is 35.9 Å². The molecule has 0 aromatic heterocycles. The quantitative estimate of drug-likeness (QED) is 0.354. The van der Waals surface area contributed by atoms with Gasteiger partial charge in [-0.05, 0) is 66.6 Å². The van der Waals surface area contributed by atoms with Gasteiger partial charge >= 0.3 is 6.03 Å². The molecule has 1 heterocycles. The maximum atomic E-state index is 13.1. The molecule has 5 amide bonds. The molecule has 0 spiro atoms. The van der Waals surface area contributed by atoms with Crippen LogP contribution in [0.15, 0.2) is 72.3 Å². The summed E-state index contributed by atoms with van der Waals surface area (Å²) in [6.07, 6.45) is 1.33. The average molecular weight is 520 g/mol. The Morgan fingerprint density at radius 1 is 1.03 bits per heavy atom. The van der Waals surface area contributed by atoms with Crippen molar-refractivity contribution in [3.05, 3.63) is 88.5 Å². The minimum Gasteiger partial charge on any atom is -0.493 e. The normalized spacial score (nSPS) is 14.4. The Kier molecular flexibility index (Phi) is 7.55. The second-order valence-corrected chi connectivity index (χ2v) is 8.49. The van der Waals surface area contributed by atoms with Crippen molar-refractivity contribution < 1.29 is 28.7 Å². The number of hydrogen-bond acceptors (Lipinski definition) is 6. The van der Waals surface area contributed by atoms with Crippen molar-refractivity contribution in [1.82, 2.24) is 5.32 Å². The first-order chi connectivity index (χ1) is 17.7. The Balaban J connectivity index is 1.51. The molecule has 0 radical (unpaired) electrons. The molecule has 188 valence electrons.